The smallest absolute Gasteiger partial charge is 0.305 e. The van der Waals surface area contributed by atoms with E-state index in [1.54, 1.807) is 19.9 Å². The molecule has 6 nitrogen and oxygen atoms in total. The van der Waals surface area contributed by atoms with Gasteiger partial charge in [0.2, 0.25) is 0 Å². The Labute approximate surface area is 159 Å². The Kier molecular flexibility index (Phi) is 8.09. The zero-order valence-corrected chi connectivity index (χ0v) is 16.5. The fraction of sp³-hybridized carbons (Fsp3) is 0.632. The molecule has 1 aromatic heterocycles. The third-order valence-corrected chi connectivity index (χ3v) is 5.51. The van der Waals surface area contributed by atoms with Gasteiger partial charge in [-0.3, -0.25) is 9.59 Å². The SMILES string of the molecule is CCOC(=O)CCCNC(=O)c1cc(C(C)=N)c(NC2CCCCC2)s1. The normalized spacial score (nSPS) is 14.7. The average Bonchev–Trinajstić information content (AvgIpc) is 3.04. The molecule has 144 valence electrons. The van der Waals surface area contributed by atoms with E-state index in [1.165, 1.54) is 30.6 Å². The summed E-state index contributed by atoms with van der Waals surface area (Å²) in [5.74, 6) is -0.392. The highest BCUT2D eigenvalue weighted by Gasteiger charge is 2.20. The second-order valence-electron chi connectivity index (χ2n) is 6.62. The quantitative estimate of drug-likeness (QED) is 0.344. The Morgan fingerprint density at radius 3 is 2.69 bits per heavy atom. The second kappa shape index (κ2) is 10.3. The summed E-state index contributed by atoms with van der Waals surface area (Å²) in [6, 6.07) is 2.22. The summed E-state index contributed by atoms with van der Waals surface area (Å²) in [6.45, 7) is 4.33. The Morgan fingerprint density at radius 1 is 1.31 bits per heavy atom. The molecule has 0 bridgehead atoms. The number of carbonyl (C=O) groups is 2. The number of carbonyl (C=O) groups excluding carboxylic acids is 2. The van der Waals surface area contributed by atoms with Crippen molar-refractivity contribution in [2.24, 2.45) is 0 Å². The molecule has 0 saturated heterocycles. The number of rotatable bonds is 9. The molecule has 0 aliphatic heterocycles. The van der Waals surface area contributed by atoms with E-state index in [4.69, 9.17) is 10.1 Å². The van der Waals surface area contributed by atoms with Crippen LogP contribution in [0, 0.1) is 5.41 Å². The van der Waals surface area contributed by atoms with Crippen LogP contribution in [0.1, 0.15) is 74.0 Å². The summed E-state index contributed by atoms with van der Waals surface area (Å²) < 4.78 is 4.87. The van der Waals surface area contributed by atoms with Gasteiger partial charge >= 0.3 is 5.97 Å². The van der Waals surface area contributed by atoms with Crippen molar-refractivity contribution in [3.63, 3.8) is 0 Å². The zero-order chi connectivity index (χ0) is 18.9. The fourth-order valence-corrected chi connectivity index (χ4v) is 4.19. The predicted molar refractivity (Wildman–Crippen MR) is 106 cm³/mol. The third-order valence-electron chi connectivity index (χ3n) is 4.45. The van der Waals surface area contributed by atoms with Crippen molar-refractivity contribution in [1.82, 2.24) is 5.32 Å². The molecule has 0 atom stereocenters. The lowest BCUT2D eigenvalue weighted by molar-refractivity contribution is -0.143. The summed E-state index contributed by atoms with van der Waals surface area (Å²) in [7, 11) is 0. The van der Waals surface area contributed by atoms with Gasteiger partial charge in [-0.05, 0) is 39.2 Å². The van der Waals surface area contributed by atoms with E-state index in [0.29, 0.717) is 42.6 Å². The van der Waals surface area contributed by atoms with E-state index in [-0.39, 0.29) is 11.9 Å². The summed E-state index contributed by atoms with van der Waals surface area (Å²) in [5.41, 5.74) is 1.26. The highest BCUT2D eigenvalue weighted by molar-refractivity contribution is 7.18. The minimum atomic E-state index is -0.237. The van der Waals surface area contributed by atoms with Crippen molar-refractivity contribution < 1.29 is 14.3 Å². The summed E-state index contributed by atoms with van der Waals surface area (Å²) in [6.07, 6.45) is 6.90. The number of hydrogen-bond acceptors (Lipinski definition) is 6. The van der Waals surface area contributed by atoms with Crippen molar-refractivity contribution in [2.75, 3.05) is 18.5 Å². The van der Waals surface area contributed by atoms with Crippen LogP contribution in [0.4, 0.5) is 5.00 Å². The predicted octanol–water partition coefficient (Wildman–Crippen LogP) is 3.95. The summed E-state index contributed by atoms with van der Waals surface area (Å²) in [4.78, 5) is 24.3. The number of hydrogen-bond donors (Lipinski definition) is 3. The van der Waals surface area contributed by atoms with Crippen molar-refractivity contribution in [2.45, 2.75) is 64.8 Å². The van der Waals surface area contributed by atoms with Gasteiger partial charge in [-0.25, -0.2) is 0 Å². The van der Waals surface area contributed by atoms with Crippen LogP contribution in [0.25, 0.3) is 0 Å². The molecule has 0 unspecified atom stereocenters. The highest BCUT2D eigenvalue weighted by Crippen LogP contribution is 2.31. The third kappa shape index (κ3) is 6.12. The minimum absolute atomic E-state index is 0.155. The molecule has 1 amide bonds. The number of thiophene rings is 1. The van der Waals surface area contributed by atoms with Gasteiger partial charge in [0.1, 0.15) is 0 Å². The van der Waals surface area contributed by atoms with Gasteiger partial charge in [-0.1, -0.05) is 19.3 Å². The zero-order valence-electron chi connectivity index (χ0n) is 15.7. The molecule has 0 aromatic carbocycles. The van der Waals surface area contributed by atoms with Crippen LogP contribution in [-0.4, -0.2) is 36.8 Å². The molecule has 0 spiro atoms. The topological polar surface area (TPSA) is 91.3 Å². The first kappa shape index (κ1) is 20.4. The van der Waals surface area contributed by atoms with E-state index >= 15 is 0 Å². The molecular weight excluding hydrogens is 350 g/mol. The van der Waals surface area contributed by atoms with Crippen LogP contribution >= 0.6 is 11.3 Å². The van der Waals surface area contributed by atoms with Gasteiger partial charge in [-0.2, -0.15) is 0 Å². The molecule has 1 fully saturated rings. The molecule has 26 heavy (non-hydrogen) atoms. The standard InChI is InChI=1S/C19H29N3O3S/c1-3-25-17(23)10-7-11-21-18(24)16-12-15(13(2)20)19(26-16)22-14-8-5-4-6-9-14/h12,14,20,22H,3-11H2,1-2H3,(H,21,24). The first-order valence-electron chi connectivity index (χ1n) is 9.41. The molecule has 3 N–H and O–H groups in total. The summed E-state index contributed by atoms with van der Waals surface area (Å²) >= 11 is 1.41. The largest absolute Gasteiger partial charge is 0.466 e. The van der Waals surface area contributed by atoms with Gasteiger partial charge in [0.05, 0.1) is 16.5 Å². The van der Waals surface area contributed by atoms with Crippen LogP contribution in [0.15, 0.2) is 6.07 Å². The minimum Gasteiger partial charge on any atom is -0.466 e. The number of ether oxygens (including phenoxy) is 1. The Morgan fingerprint density at radius 2 is 2.04 bits per heavy atom. The monoisotopic (exact) mass is 379 g/mol. The van der Waals surface area contributed by atoms with Crippen molar-refractivity contribution >= 4 is 33.9 Å². The molecule has 7 heteroatoms. The summed E-state index contributed by atoms with van der Waals surface area (Å²) in [5, 5.41) is 15.3. The van der Waals surface area contributed by atoms with Crippen LogP contribution in [0.5, 0.6) is 0 Å². The average molecular weight is 380 g/mol. The Bertz CT molecular complexity index is 636. The maximum absolute atomic E-state index is 12.4. The van der Waals surface area contributed by atoms with Crippen LogP contribution in [0.2, 0.25) is 0 Å². The maximum atomic E-state index is 12.4. The maximum Gasteiger partial charge on any atom is 0.305 e. The lowest BCUT2D eigenvalue weighted by atomic mass is 9.95. The van der Waals surface area contributed by atoms with E-state index in [0.717, 1.165) is 23.4 Å². The molecule has 1 aliphatic carbocycles. The van der Waals surface area contributed by atoms with Crippen LogP contribution in [0.3, 0.4) is 0 Å². The molecule has 1 aromatic rings. The number of nitrogens with one attached hydrogen (secondary N) is 3. The molecule has 2 rings (SSSR count). The van der Waals surface area contributed by atoms with Gasteiger partial charge in [0, 0.05) is 30.3 Å². The molecule has 1 aliphatic rings. The lowest BCUT2D eigenvalue weighted by Crippen LogP contribution is -2.24. The van der Waals surface area contributed by atoms with Gasteiger partial charge < -0.3 is 20.8 Å². The lowest BCUT2D eigenvalue weighted by Gasteiger charge is -2.23. The van der Waals surface area contributed by atoms with Gasteiger partial charge in [0.25, 0.3) is 5.91 Å². The highest BCUT2D eigenvalue weighted by atomic mass is 32.1. The number of esters is 1. The Balaban J connectivity index is 1.91. The van der Waals surface area contributed by atoms with Crippen molar-refractivity contribution in [1.29, 1.82) is 5.41 Å². The van der Waals surface area contributed by atoms with Gasteiger partial charge in [-0.15, -0.1) is 11.3 Å². The molecule has 1 heterocycles. The van der Waals surface area contributed by atoms with Crippen molar-refractivity contribution in [3.05, 3.63) is 16.5 Å². The van der Waals surface area contributed by atoms with Crippen molar-refractivity contribution in [3.8, 4) is 0 Å². The first-order chi connectivity index (χ1) is 12.5. The van der Waals surface area contributed by atoms with E-state index < -0.39 is 0 Å². The Hall–Kier alpha value is -1.89. The second-order valence-corrected chi connectivity index (χ2v) is 7.67. The van der Waals surface area contributed by atoms with E-state index in [1.807, 2.05) is 0 Å². The number of amides is 1. The molecule has 1 saturated carbocycles. The van der Waals surface area contributed by atoms with Gasteiger partial charge in [0.15, 0.2) is 0 Å². The molecule has 0 radical (unpaired) electrons. The van der Waals surface area contributed by atoms with E-state index in [2.05, 4.69) is 10.6 Å². The molecular formula is C19H29N3O3S. The fourth-order valence-electron chi connectivity index (χ4n) is 3.08. The van der Waals surface area contributed by atoms with Crippen LogP contribution < -0.4 is 10.6 Å². The first-order valence-corrected chi connectivity index (χ1v) is 10.2. The van der Waals surface area contributed by atoms with Crippen LogP contribution in [-0.2, 0) is 9.53 Å². The van der Waals surface area contributed by atoms with E-state index in [9.17, 15) is 9.59 Å². The number of anilines is 1.